The van der Waals surface area contributed by atoms with Crippen molar-refractivity contribution in [1.82, 2.24) is 0 Å². The summed E-state index contributed by atoms with van der Waals surface area (Å²) >= 11 is 0. The zero-order chi connectivity index (χ0) is 31.6. The Hall–Kier alpha value is -4.64. The molecule has 47 heavy (non-hydrogen) atoms. The Morgan fingerprint density at radius 1 is 0.489 bits per heavy atom. The van der Waals surface area contributed by atoms with Gasteiger partial charge in [-0.3, -0.25) is 0 Å². The number of para-hydroxylation sites is 2. The van der Waals surface area contributed by atoms with Crippen LogP contribution in [0.15, 0.2) is 81.6 Å². The Balaban J connectivity index is 1.33. The summed E-state index contributed by atoms with van der Waals surface area (Å²) in [5, 5.41) is 4.39. The maximum Gasteiger partial charge on any atom is 0.261 e. The highest BCUT2D eigenvalue weighted by Crippen LogP contribution is 2.62. The van der Waals surface area contributed by atoms with Crippen LogP contribution in [0.25, 0.3) is 43.9 Å². The molecule has 4 aliphatic rings. The van der Waals surface area contributed by atoms with E-state index in [1.165, 1.54) is 16.7 Å². The van der Waals surface area contributed by atoms with Crippen LogP contribution >= 0.6 is 0 Å². The lowest BCUT2D eigenvalue weighted by Gasteiger charge is -2.53. The third-order valence-corrected chi connectivity index (χ3v) is 12.4. The zero-order valence-electron chi connectivity index (χ0n) is 27.5. The number of rotatable bonds is 0. The minimum absolute atomic E-state index is 0.0563. The lowest BCUT2D eigenvalue weighted by Crippen LogP contribution is -2.59. The van der Waals surface area contributed by atoms with Crippen molar-refractivity contribution in [2.45, 2.75) is 76.5 Å². The zero-order valence-corrected chi connectivity index (χ0v) is 27.5. The summed E-state index contributed by atoms with van der Waals surface area (Å²) < 4.78 is 28.0. The maximum absolute atomic E-state index is 7.34. The van der Waals surface area contributed by atoms with Gasteiger partial charge in [-0.05, 0) is 70.6 Å². The Morgan fingerprint density at radius 3 is 1.45 bits per heavy atom. The first-order valence-corrected chi connectivity index (χ1v) is 17.1. The van der Waals surface area contributed by atoms with Crippen LogP contribution in [0.5, 0.6) is 23.0 Å². The molecule has 2 aliphatic carbocycles. The number of benzene rings is 5. The van der Waals surface area contributed by atoms with E-state index in [1.54, 1.807) is 0 Å². The van der Waals surface area contributed by atoms with Crippen molar-refractivity contribution in [3.8, 4) is 23.0 Å². The minimum atomic E-state index is -0.0917. The third-order valence-electron chi connectivity index (χ3n) is 12.4. The standard InChI is InChI=1S/C42H35BO4/c1-40(2)18-20-42(5)21-19-41(3,4)32-30(42)31(40)38-33-39(32)47-37-27(17-15-25-23-11-7-9-13-29(23)45-35(25)37)43(33)26-16-14-24-22-10-6-8-12-28(22)44-34(24)36(26)46-38/h6-17H,18-21H2,1-5H3. The molecule has 5 heteroatoms. The first-order chi connectivity index (χ1) is 22.6. The van der Waals surface area contributed by atoms with Gasteiger partial charge in [0.1, 0.15) is 22.7 Å². The average molecular weight is 615 g/mol. The summed E-state index contributed by atoms with van der Waals surface area (Å²) in [7, 11) is 0. The van der Waals surface area contributed by atoms with Crippen LogP contribution in [-0.4, -0.2) is 6.71 Å². The molecule has 0 N–H and O–H groups in total. The van der Waals surface area contributed by atoms with Crippen LogP contribution in [0.1, 0.15) is 77.0 Å². The molecule has 0 unspecified atom stereocenters. The first-order valence-electron chi connectivity index (χ1n) is 17.1. The Kier molecular flexibility index (Phi) is 4.64. The average Bonchev–Trinajstić information content (AvgIpc) is 3.64. The molecule has 2 aromatic heterocycles. The van der Waals surface area contributed by atoms with E-state index < -0.39 is 0 Å². The molecule has 230 valence electrons. The largest absolute Gasteiger partial charge is 0.454 e. The molecule has 0 radical (unpaired) electrons. The Labute approximate surface area is 273 Å². The number of furan rings is 2. The number of hydrogen-bond acceptors (Lipinski definition) is 4. The predicted molar refractivity (Wildman–Crippen MR) is 191 cm³/mol. The highest BCUT2D eigenvalue weighted by molar-refractivity contribution is 6.98. The topological polar surface area (TPSA) is 44.7 Å². The molecule has 0 fully saturated rings. The molecule has 4 nitrogen and oxygen atoms in total. The van der Waals surface area contributed by atoms with E-state index in [1.807, 2.05) is 12.1 Å². The predicted octanol–water partition coefficient (Wildman–Crippen LogP) is 9.61. The lowest BCUT2D eigenvalue weighted by molar-refractivity contribution is 0.234. The van der Waals surface area contributed by atoms with E-state index in [9.17, 15) is 0 Å². The molecule has 0 saturated carbocycles. The Morgan fingerprint density at radius 2 is 0.957 bits per heavy atom. The van der Waals surface area contributed by atoms with Gasteiger partial charge in [0.25, 0.3) is 6.71 Å². The highest BCUT2D eigenvalue weighted by atomic mass is 16.5. The molecule has 4 heterocycles. The quantitative estimate of drug-likeness (QED) is 0.160. The van der Waals surface area contributed by atoms with Crippen LogP contribution in [-0.2, 0) is 16.2 Å². The first kappa shape index (κ1) is 26.4. The van der Waals surface area contributed by atoms with E-state index in [0.717, 1.165) is 109 Å². The van der Waals surface area contributed by atoms with E-state index in [4.69, 9.17) is 18.3 Å². The summed E-state index contributed by atoms with van der Waals surface area (Å²) in [6, 6.07) is 25.6. The van der Waals surface area contributed by atoms with Crippen LogP contribution in [0.2, 0.25) is 0 Å². The fraction of sp³-hybridized carbons (Fsp3) is 0.286. The second-order valence-corrected chi connectivity index (χ2v) is 16.1. The summed E-state index contributed by atoms with van der Waals surface area (Å²) in [6.45, 7) is 12.1. The maximum atomic E-state index is 7.34. The van der Waals surface area contributed by atoms with Crippen molar-refractivity contribution >= 4 is 67.0 Å². The van der Waals surface area contributed by atoms with Gasteiger partial charge in [-0.15, -0.1) is 0 Å². The fourth-order valence-corrected chi connectivity index (χ4v) is 9.80. The number of fused-ring (bicyclic) bond motifs is 14. The second kappa shape index (κ2) is 8.25. The Bertz CT molecular complexity index is 2390. The van der Waals surface area contributed by atoms with Crippen LogP contribution < -0.4 is 25.9 Å². The van der Waals surface area contributed by atoms with Gasteiger partial charge in [-0.2, -0.15) is 0 Å². The summed E-state index contributed by atoms with van der Waals surface area (Å²) in [6.07, 6.45) is 4.56. The molecule has 2 aliphatic heterocycles. The third kappa shape index (κ3) is 3.12. The van der Waals surface area contributed by atoms with Gasteiger partial charge < -0.3 is 18.3 Å². The van der Waals surface area contributed by atoms with Crippen LogP contribution in [0, 0.1) is 0 Å². The molecule has 5 aromatic carbocycles. The van der Waals surface area contributed by atoms with Crippen molar-refractivity contribution in [2.24, 2.45) is 0 Å². The molecule has 0 spiro atoms. The molecular weight excluding hydrogens is 579 g/mol. The molecular formula is C42H35BO4. The van der Waals surface area contributed by atoms with Gasteiger partial charge in [0.2, 0.25) is 0 Å². The van der Waals surface area contributed by atoms with Crippen LogP contribution in [0.3, 0.4) is 0 Å². The van der Waals surface area contributed by atoms with Gasteiger partial charge in [-0.25, -0.2) is 0 Å². The fourth-order valence-electron chi connectivity index (χ4n) is 9.80. The van der Waals surface area contributed by atoms with Crippen LogP contribution in [0.4, 0.5) is 0 Å². The molecule has 0 saturated heterocycles. The van der Waals surface area contributed by atoms with E-state index >= 15 is 0 Å². The second-order valence-electron chi connectivity index (χ2n) is 16.1. The minimum Gasteiger partial charge on any atom is -0.454 e. The van der Waals surface area contributed by atoms with Crippen molar-refractivity contribution in [2.75, 3.05) is 0 Å². The summed E-state index contributed by atoms with van der Waals surface area (Å²) in [4.78, 5) is 0. The lowest BCUT2D eigenvalue weighted by atomic mass is 9.33. The SMILES string of the molecule is CC1(C)CCC2(C)CCC(C)(C)c3c4c5c(c1c32)Oc1c(ccc2c1oc1ccccc12)B5c1ccc2c(oc3ccccc32)c1O4. The van der Waals surface area contributed by atoms with Gasteiger partial charge in [0.05, 0.1) is 0 Å². The summed E-state index contributed by atoms with van der Waals surface area (Å²) in [5.41, 5.74) is 10.9. The van der Waals surface area contributed by atoms with Crippen molar-refractivity contribution < 1.29 is 18.3 Å². The molecule has 0 amide bonds. The van der Waals surface area contributed by atoms with E-state index in [2.05, 4.69) is 95.3 Å². The van der Waals surface area contributed by atoms with Crippen molar-refractivity contribution in [1.29, 1.82) is 0 Å². The highest BCUT2D eigenvalue weighted by Gasteiger charge is 2.55. The van der Waals surface area contributed by atoms with Gasteiger partial charge in [0.15, 0.2) is 22.7 Å². The van der Waals surface area contributed by atoms with E-state index in [-0.39, 0.29) is 23.0 Å². The van der Waals surface area contributed by atoms with Gasteiger partial charge in [-0.1, -0.05) is 95.3 Å². The number of hydrogen-bond donors (Lipinski definition) is 0. The van der Waals surface area contributed by atoms with Crippen molar-refractivity contribution in [3.05, 3.63) is 89.5 Å². The summed E-state index contributed by atoms with van der Waals surface area (Å²) in [5.74, 6) is 3.62. The van der Waals surface area contributed by atoms with Crippen molar-refractivity contribution in [3.63, 3.8) is 0 Å². The van der Waals surface area contributed by atoms with Gasteiger partial charge in [0, 0.05) is 38.1 Å². The molecule has 0 bridgehead atoms. The monoisotopic (exact) mass is 614 g/mol. The molecule has 0 atom stereocenters. The molecule has 11 rings (SSSR count). The number of ether oxygens (including phenoxy) is 2. The normalized spacial score (nSPS) is 19.2. The van der Waals surface area contributed by atoms with E-state index in [0.29, 0.717) is 0 Å². The molecule has 7 aromatic rings. The van der Waals surface area contributed by atoms with Gasteiger partial charge >= 0.3 is 0 Å². The smallest absolute Gasteiger partial charge is 0.261 e.